The van der Waals surface area contributed by atoms with Crippen LogP contribution in [0.3, 0.4) is 0 Å². The van der Waals surface area contributed by atoms with E-state index in [1.807, 2.05) is 24.4 Å². The topological polar surface area (TPSA) is 36.1 Å². The van der Waals surface area contributed by atoms with E-state index in [4.69, 9.17) is 23.8 Å². The van der Waals surface area contributed by atoms with Crippen LogP contribution in [0, 0.1) is 0 Å². The highest BCUT2D eigenvalue weighted by Gasteiger charge is 2.33. The first kappa shape index (κ1) is 13.4. The van der Waals surface area contributed by atoms with Crippen LogP contribution in [0.15, 0.2) is 47.5 Å². The number of amides is 1. The fourth-order valence-corrected chi connectivity index (χ4v) is 3.36. The molecule has 3 rings (SSSR count). The molecular weight excluding hydrogens is 312 g/mol. The van der Waals surface area contributed by atoms with Crippen molar-refractivity contribution in [2.24, 2.45) is 0 Å². The van der Waals surface area contributed by atoms with Gasteiger partial charge in [0.25, 0.3) is 5.91 Å². The zero-order valence-corrected chi connectivity index (χ0v) is 12.6. The van der Waals surface area contributed by atoms with Crippen molar-refractivity contribution in [3.05, 3.63) is 58.2 Å². The van der Waals surface area contributed by atoms with Gasteiger partial charge in [-0.15, -0.1) is 0 Å². The van der Waals surface area contributed by atoms with Crippen molar-refractivity contribution < 1.29 is 4.79 Å². The Labute approximate surface area is 130 Å². The molecule has 0 atom stereocenters. The molecule has 1 aromatic heterocycles. The van der Waals surface area contributed by atoms with Gasteiger partial charge in [-0.1, -0.05) is 41.6 Å². The van der Waals surface area contributed by atoms with Gasteiger partial charge in [0, 0.05) is 16.9 Å². The van der Waals surface area contributed by atoms with Crippen LogP contribution in [0.5, 0.6) is 0 Å². The number of carbonyl (C=O) groups excluding carboxylic acids is 1. The Bertz CT molecular complexity index is 710. The van der Waals surface area contributed by atoms with Crippen molar-refractivity contribution in [2.75, 3.05) is 4.90 Å². The average molecular weight is 321 g/mol. The number of halogens is 1. The van der Waals surface area contributed by atoms with Crippen LogP contribution in [-0.2, 0) is 4.79 Å². The summed E-state index contributed by atoms with van der Waals surface area (Å²) in [6, 6.07) is 10.9. The highest BCUT2D eigenvalue weighted by Crippen LogP contribution is 2.36. The van der Waals surface area contributed by atoms with Crippen LogP contribution >= 0.6 is 35.6 Å². The van der Waals surface area contributed by atoms with Gasteiger partial charge in [-0.05, 0) is 36.4 Å². The monoisotopic (exact) mass is 320 g/mol. The van der Waals surface area contributed by atoms with Crippen LogP contribution in [-0.4, -0.2) is 15.2 Å². The predicted octanol–water partition coefficient (Wildman–Crippen LogP) is 4.07. The molecule has 100 valence electrons. The lowest BCUT2D eigenvalue weighted by molar-refractivity contribution is -0.113. The van der Waals surface area contributed by atoms with Gasteiger partial charge in [0.2, 0.25) is 0 Å². The molecule has 0 spiro atoms. The lowest BCUT2D eigenvalue weighted by Crippen LogP contribution is -2.27. The maximum absolute atomic E-state index is 12.4. The zero-order valence-electron chi connectivity index (χ0n) is 10.2. The number of thioether (sulfide) groups is 1. The molecule has 1 amide bonds. The normalized spacial score (nSPS) is 17.2. The van der Waals surface area contributed by atoms with Crippen LogP contribution in [0.2, 0.25) is 5.02 Å². The third-order valence-electron chi connectivity index (χ3n) is 2.77. The second-order valence-corrected chi connectivity index (χ2v) is 6.23. The lowest BCUT2D eigenvalue weighted by atomic mass is 10.3. The molecule has 1 fully saturated rings. The number of carbonyl (C=O) groups is 1. The molecule has 3 nitrogen and oxygen atoms in total. The zero-order chi connectivity index (χ0) is 14.1. The number of H-pyrrole nitrogens is 1. The summed E-state index contributed by atoms with van der Waals surface area (Å²) in [4.78, 5) is 17.6. The maximum Gasteiger partial charge on any atom is 0.270 e. The number of aromatic nitrogens is 1. The number of nitrogens with one attached hydrogen (secondary N) is 1. The van der Waals surface area contributed by atoms with E-state index in [1.165, 1.54) is 16.7 Å². The van der Waals surface area contributed by atoms with Gasteiger partial charge >= 0.3 is 0 Å². The van der Waals surface area contributed by atoms with E-state index in [-0.39, 0.29) is 5.91 Å². The Morgan fingerprint density at radius 1 is 1.30 bits per heavy atom. The number of anilines is 1. The van der Waals surface area contributed by atoms with Gasteiger partial charge in [-0.25, -0.2) is 0 Å². The summed E-state index contributed by atoms with van der Waals surface area (Å²) in [7, 11) is 0. The van der Waals surface area contributed by atoms with Gasteiger partial charge < -0.3 is 4.98 Å². The minimum Gasteiger partial charge on any atom is -0.362 e. The molecule has 0 saturated carbocycles. The van der Waals surface area contributed by atoms with Gasteiger partial charge in [0.15, 0.2) is 4.32 Å². The van der Waals surface area contributed by atoms with Gasteiger partial charge in [-0.2, -0.15) is 0 Å². The van der Waals surface area contributed by atoms with E-state index in [0.717, 1.165) is 5.69 Å². The van der Waals surface area contributed by atoms with Gasteiger partial charge in [0.05, 0.1) is 10.6 Å². The highest BCUT2D eigenvalue weighted by molar-refractivity contribution is 8.27. The number of hydrogen-bond donors (Lipinski definition) is 1. The van der Waals surface area contributed by atoms with Crippen LogP contribution < -0.4 is 4.90 Å². The van der Waals surface area contributed by atoms with E-state index in [9.17, 15) is 4.79 Å². The summed E-state index contributed by atoms with van der Waals surface area (Å²) in [6.45, 7) is 0. The summed E-state index contributed by atoms with van der Waals surface area (Å²) in [5.74, 6) is -0.128. The molecule has 6 heteroatoms. The molecule has 1 aliphatic heterocycles. The molecule has 1 N–H and O–H groups in total. The predicted molar refractivity (Wildman–Crippen MR) is 87.9 cm³/mol. The minimum absolute atomic E-state index is 0.128. The summed E-state index contributed by atoms with van der Waals surface area (Å²) >= 11 is 12.5. The number of hydrogen-bond acceptors (Lipinski definition) is 3. The molecule has 20 heavy (non-hydrogen) atoms. The van der Waals surface area contributed by atoms with Crippen molar-refractivity contribution in [1.29, 1.82) is 0 Å². The second kappa shape index (κ2) is 5.44. The largest absolute Gasteiger partial charge is 0.362 e. The summed E-state index contributed by atoms with van der Waals surface area (Å²) in [5, 5.41) is 0.574. The number of aromatic amines is 1. The quantitative estimate of drug-likeness (QED) is 0.669. The van der Waals surface area contributed by atoms with Crippen molar-refractivity contribution >= 4 is 57.6 Å². The summed E-state index contributed by atoms with van der Waals surface area (Å²) < 4.78 is 0.509. The number of nitrogens with zero attached hydrogens (tertiary/aromatic N) is 1. The molecule has 1 saturated heterocycles. The first-order chi connectivity index (χ1) is 9.65. The van der Waals surface area contributed by atoms with E-state index in [2.05, 4.69) is 4.98 Å². The number of benzene rings is 1. The van der Waals surface area contributed by atoms with Crippen molar-refractivity contribution in [2.45, 2.75) is 0 Å². The average Bonchev–Trinajstić information content (AvgIpc) is 2.99. The van der Waals surface area contributed by atoms with Gasteiger partial charge in [-0.3, -0.25) is 9.69 Å². The first-order valence-corrected chi connectivity index (χ1v) is 7.42. The Morgan fingerprint density at radius 2 is 2.15 bits per heavy atom. The minimum atomic E-state index is -0.128. The maximum atomic E-state index is 12.4. The van der Waals surface area contributed by atoms with E-state index in [1.54, 1.807) is 24.3 Å². The molecular formula is C14H9ClN2OS2. The van der Waals surface area contributed by atoms with Crippen LogP contribution in [0.25, 0.3) is 6.08 Å². The van der Waals surface area contributed by atoms with E-state index in [0.29, 0.717) is 19.9 Å². The Balaban J connectivity index is 1.95. The van der Waals surface area contributed by atoms with Gasteiger partial charge in [0.1, 0.15) is 0 Å². The molecule has 2 aromatic rings. The van der Waals surface area contributed by atoms with E-state index >= 15 is 0 Å². The molecule has 0 radical (unpaired) electrons. The van der Waals surface area contributed by atoms with Crippen LogP contribution in [0.4, 0.5) is 5.69 Å². The number of thiocarbonyl (C=S) groups is 1. The van der Waals surface area contributed by atoms with Crippen molar-refractivity contribution in [1.82, 2.24) is 4.98 Å². The van der Waals surface area contributed by atoms with Crippen LogP contribution in [0.1, 0.15) is 5.69 Å². The van der Waals surface area contributed by atoms with Crippen molar-refractivity contribution in [3.63, 3.8) is 0 Å². The standard InChI is InChI=1S/C14H9ClN2OS2/c15-9-3-1-5-11(7-9)17-13(18)12(20-14(17)19)8-10-4-2-6-16-10/h1-8,16H/b12-8+. The fourth-order valence-electron chi connectivity index (χ4n) is 1.88. The fraction of sp³-hybridized carbons (Fsp3) is 0. The Hall–Kier alpha value is -1.56. The lowest BCUT2D eigenvalue weighted by Gasteiger charge is -2.14. The highest BCUT2D eigenvalue weighted by atomic mass is 35.5. The smallest absolute Gasteiger partial charge is 0.270 e. The second-order valence-electron chi connectivity index (χ2n) is 4.12. The third-order valence-corrected chi connectivity index (χ3v) is 4.31. The molecule has 0 bridgehead atoms. The SMILES string of the molecule is O=C1/C(=C\c2ccc[nH]2)SC(=S)N1c1cccc(Cl)c1. The summed E-state index contributed by atoms with van der Waals surface area (Å²) in [6.07, 6.45) is 3.60. The van der Waals surface area contributed by atoms with Crippen molar-refractivity contribution in [3.8, 4) is 0 Å². The third kappa shape index (κ3) is 2.52. The van der Waals surface area contributed by atoms with E-state index < -0.39 is 0 Å². The number of rotatable bonds is 2. The molecule has 0 unspecified atom stereocenters. The summed E-state index contributed by atoms with van der Waals surface area (Å²) in [5.41, 5.74) is 1.56. The molecule has 1 aromatic carbocycles. The first-order valence-electron chi connectivity index (χ1n) is 5.82. The Kier molecular flexibility index (Phi) is 3.65. The molecule has 0 aliphatic carbocycles. The molecule has 2 heterocycles. The Morgan fingerprint density at radius 3 is 2.85 bits per heavy atom. The molecule has 1 aliphatic rings.